The SMILES string of the molecule is c1ccc(-c2ccc(-c3ccc(Nc4ccc(-c5ccc6c(c5)c5ccccc5n6-c5ccccc5)cc4)cc3)cc2)cc1. The van der Waals surface area contributed by atoms with Gasteiger partial charge >= 0.3 is 0 Å². The van der Waals surface area contributed by atoms with Gasteiger partial charge in [-0.15, -0.1) is 0 Å². The summed E-state index contributed by atoms with van der Waals surface area (Å²) in [5.74, 6) is 0. The van der Waals surface area contributed by atoms with Crippen molar-refractivity contribution in [3.63, 3.8) is 0 Å². The lowest BCUT2D eigenvalue weighted by Crippen LogP contribution is -1.93. The van der Waals surface area contributed by atoms with Gasteiger partial charge in [-0.25, -0.2) is 0 Å². The van der Waals surface area contributed by atoms with Crippen LogP contribution in [0.4, 0.5) is 11.4 Å². The summed E-state index contributed by atoms with van der Waals surface area (Å²) in [6, 6.07) is 62.7. The van der Waals surface area contributed by atoms with Gasteiger partial charge in [-0.3, -0.25) is 0 Å². The number of hydrogen-bond donors (Lipinski definition) is 1. The fourth-order valence-electron chi connectivity index (χ4n) is 6.15. The van der Waals surface area contributed by atoms with Crippen LogP contribution in [0.1, 0.15) is 0 Å². The van der Waals surface area contributed by atoms with Crippen LogP contribution in [0.15, 0.2) is 176 Å². The number of fused-ring (bicyclic) bond motifs is 3. The quantitative estimate of drug-likeness (QED) is 0.213. The third-order valence-electron chi connectivity index (χ3n) is 8.40. The van der Waals surface area contributed by atoms with Crippen LogP contribution >= 0.6 is 0 Å². The highest BCUT2D eigenvalue weighted by atomic mass is 15.0. The van der Waals surface area contributed by atoms with Crippen LogP contribution in [-0.4, -0.2) is 4.57 Å². The van der Waals surface area contributed by atoms with Crippen LogP contribution < -0.4 is 5.32 Å². The molecule has 0 aliphatic heterocycles. The van der Waals surface area contributed by atoms with Gasteiger partial charge in [-0.2, -0.15) is 0 Å². The van der Waals surface area contributed by atoms with E-state index in [1.165, 1.54) is 60.9 Å². The number of nitrogens with one attached hydrogen (secondary N) is 1. The van der Waals surface area contributed by atoms with Gasteiger partial charge in [0, 0.05) is 27.8 Å². The molecule has 208 valence electrons. The zero-order chi connectivity index (χ0) is 29.3. The van der Waals surface area contributed by atoms with Crippen molar-refractivity contribution in [2.75, 3.05) is 5.32 Å². The molecular formula is C42H30N2. The van der Waals surface area contributed by atoms with Gasteiger partial charge in [0.1, 0.15) is 0 Å². The fraction of sp³-hybridized carbons (Fsp3) is 0. The predicted molar refractivity (Wildman–Crippen MR) is 187 cm³/mol. The first-order valence-corrected chi connectivity index (χ1v) is 15.0. The number of nitrogens with zero attached hydrogens (tertiary/aromatic N) is 1. The Balaban J connectivity index is 1.02. The zero-order valence-electron chi connectivity index (χ0n) is 24.2. The third kappa shape index (κ3) is 4.83. The summed E-state index contributed by atoms with van der Waals surface area (Å²) in [7, 11) is 0. The lowest BCUT2D eigenvalue weighted by Gasteiger charge is -2.10. The van der Waals surface area contributed by atoms with Gasteiger partial charge < -0.3 is 9.88 Å². The molecule has 2 nitrogen and oxygen atoms in total. The minimum absolute atomic E-state index is 1.07. The minimum Gasteiger partial charge on any atom is -0.356 e. The average molecular weight is 563 g/mol. The van der Waals surface area contributed by atoms with Gasteiger partial charge in [0.15, 0.2) is 0 Å². The van der Waals surface area contributed by atoms with E-state index in [1.807, 2.05) is 0 Å². The minimum atomic E-state index is 1.07. The number of anilines is 2. The van der Waals surface area contributed by atoms with E-state index in [0.717, 1.165) is 11.4 Å². The molecule has 0 amide bonds. The van der Waals surface area contributed by atoms with Gasteiger partial charge in [-0.1, -0.05) is 121 Å². The second-order valence-corrected chi connectivity index (χ2v) is 11.1. The Kier molecular flexibility index (Phi) is 6.51. The van der Waals surface area contributed by atoms with E-state index in [4.69, 9.17) is 0 Å². The Hall–Kier alpha value is -5.86. The van der Waals surface area contributed by atoms with Crippen molar-refractivity contribution in [3.8, 4) is 39.1 Å². The molecule has 1 heterocycles. The lowest BCUT2D eigenvalue weighted by molar-refractivity contribution is 1.18. The first-order chi connectivity index (χ1) is 21.8. The standard InChI is InChI=1S/C42H30N2/c1-3-9-30(10-4-1)31-15-17-32(18-16-31)33-19-24-36(25-20-33)43-37-26-21-34(22-27-37)35-23-28-42-40(29-35)39-13-7-8-14-41(39)44(42)38-11-5-2-6-12-38/h1-29,43H. The van der Waals surface area contributed by atoms with E-state index in [0.29, 0.717) is 0 Å². The van der Waals surface area contributed by atoms with Crippen molar-refractivity contribution in [2.45, 2.75) is 0 Å². The van der Waals surface area contributed by atoms with Crippen LogP contribution in [0.5, 0.6) is 0 Å². The van der Waals surface area contributed by atoms with Crippen molar-refractivity contribution in [1.29, 1.82) is 0 Å². The summed E-state index contributed by atoms with van der Waals surface area (Å²) in [5.41, 5.74) is 13.0. The maximum atomic E-state index is 3.56. The maximum Gasteiger partial charge on any atom is 0.0541 e. The molecule has 0 radical (unpaired) electrons. The second-order valence-electron chi connectivity index (χ2n) is 11.1. The highest BCUT2D eigenvalue weighted by molar-refractivity contribution is 6.10. The number of rotatable bonds is 6. The van der Waals surface area contributed by atoms with E-state index >= 15 is 0 Å². The largest absolute Gasteiger partial charge is 0.356 e. The van der Waals surface area contributed by atoms with Gasteiger partial charge in [0.05, 0.1) is 11.0 Å². The van der Waals surface area contributed by atoms with Crippen molar-refractivity contribution >= 4 is 33.2 Å². The summed E-state index contributed by atoms with van der Waals surface area (Å²) in [4.78, 5) is 0. The molecule has 8 rings (SSSR count). The molecule has 0 unspecified atom stereocenters. The first-order valence-electron chi connectivity index (χ1n) is 15.0. The van der Waals surface area contributed by atoms with Crippen molar-refractivity contribution in [2.24, 2.45) is 0 Å². The van der Waals surface area contributed by atoms with Gasteiger partial charge in [0.2, 0.25) is 0 Å². The predicted octanol–water partition coefficient (Wildman–Crippen LogP) is 11.5. The van der Waals surface area contributed by atoms with Crippen molar-refractivity contribution in [1.82, 2.24) is 4.57 Å². The molecule has 8 aromatic rings. The van der Waals surface area contributed by atoms with E-state index in [2.05, 4.69) is 186 Å². The Morgan fingerprint density at radius 1 is 0.318 bits per heavy atom. The molecule has 0 fully saturated rings. The second kappa shape index (κ2) is 11.1. The topological polar surface area (TPSA) is 17.0 Å². The molecule has 0 saturated carbocycles. The molecule has 0 spiro atoms. The molecule has 0 atom stereocenters. The van der Waals surface area contributed by atoms with Gasteiger partial charge in [-0.05, 0) is 88.0 Å². The summed E-state index contributed by atoms with van der Waals surface area (Å²) in [6.45, 7) is 0. The molecule has 0 aliphatic rings. The van der Waals surface area contributed by atoms with E-state index in [-0.39, 0.29) is 0 Å². The molecular weight excluding hydrogens is 532 g/mol. The van der Waals surface area contributed by atoms with Crippen LogP contribution in [-0.2, 0) is 0 Å². The van der Waals surface area contributed by atoms with E-state index < -0.39 is 0 Å². The molecule has 1 aromatic heterocycles. The lowest BCUT2D eigenvalue weighted by atomic mass is 10.0. The van der Waals surface area contributed by atoms with Crippen molar-refractivity contribution in [3.05, 3.63) is 176 Å². The monoisotopic (exact) mass is 562 g/mol. The van der Waals surface area contributed by atoms with E-state index in [1.54, 1.807) is 0 Å². The molecule has 7 aromatic carbocycles. The molecule has 0 bridgehead atoms. The highest BCUT2D eigenvalue weighted by Gasteiger charge is 2.13. The Labute approximate surface area is 257 Å². The molecule has 44 heavy (non-hydrogen) atoms. The van der Waals surface area contributed by atoms with Crippen LogP contribution in [0, 0.1) is 0 Å². The molecule has 2 heteroatoms. The Bertz CT molecular complexity index is 2190. The van der Waals surface area contributed by atoms with Gasteiger partial charge in [0.25, 0.3) is 0 Å². The fourth-order valence-corrected chi connectivity index (χ4v) is 6.15. The summed E-state index contributed by atoms with van der Waals surface area (Å²) in [6.07, 6.45) is 0. The Morgan fingerprint density at radius 3 is 1.36 bits per heavy atom. The van der Waals surface area contributed by atoms with Crippen LogP contribution in [0.3, 0.4) is 0 Å². The molecule has 1 N–H and O–H groups in total. The zero-order valence-corrected chi connectivity index (χ0v) is 24.2. The number of aromatic nitrogens is 1. The third-order valence-corrected chi connectivity index (χ3v) is 8.40. The normalized spacial score (nSPS) is 11.2. The van der Waals surface area contributed by atoms with Crippen molar-refractivity contribution < 1.29 is 0 Å². The molecule has 0 saturated heterocycles. The maximum absolute atomic E-state index is 3.56. The summed E-state index contributed by atoms with van der Waals surface area (Å²) < 4.78 is 2.35. The summed E-state index contributed by atoms with van der Waals surface area (Å²) >= 11 is 0. The van der Waals surface area contributed by atoms with Crippen LogP contribution in [0.25, 0.3) is 60.9 Å². The van der Waals surface area contributed by atoms with E-state index in [9.17, 15) is 0 Å². The average Bonchev–Trinajstić information content (AvgIpc) is 3.44. The smallest absolute Gasteiger partial charge is 0.0541 e. The number of benzene rings is 7. The summed E-state index contributed by atoms with van der Waals surface area (Å²) in [5, 5.41) is 6.09. The number of hydrogen-bond acceptors (Lipinski definition) is 1. The Morgan fingerprint density at radius 2 is 0.750 bits per heavy atom. The molecule has 0 aliphatic carbocycles. The number of para-hydroxylation sites is 2. The highest BCUT2D eigenvalue weighted by Crippen LogP contribution is 2.35. The van der Waals surface area contributed by atoms with Crippen LogP contribution in [0.2, 0.25) is 0 Å². The first kappa shape index (κ1) is 25.8.